The van der Waals surface area contributed by atoms with Crippen LogP contribution in [-0.4, -0.2) is 20.1 Å². The van der Waals surface area contributed by atoms with Gasteiger partial charge in [0.1, 0.15) is 0 Å². The Morgan fingerprint density at radius 2 is 2.11 bits per heavy atom. The van der Waals surface area contributed by atoms with Crippen LogP contribution in [0.25, 0.3) is 0 Å². The molecule has 0 bridgehead atoms. The number of hydrogen-bond acceptors (Lipinski definition) is 3. The van der Waals surface area contributed by atoms with Crippen LogP contribution in [0.4, 0.5) is 0 Å². The Bertz CT molecular complexity index is 458. The number of carbonyl (C=O) groups excluding carboxylic acids is 1. The molecular formula is C13H16ClNO3. The van der Waals surface area contributed by atoms with Crippen LogP contribution in [0.3, 0.4) is 0 Å². The Kier molecular flexibility index (Phi) is 3.97. The summed E-state index contributed by atoms with van der Waals surface area (Å²) in [6.45, 7) is 0.411. The molecule has 0 aliphatic heterocycles. The Hall–Kier alpha value is -1.42. The first-order chi connectivity index (χ1) is 8.67. The number of nitrogens with one attached hydrogen (secondary N) is 1. The van der Waals surface area contributed by atoms with Gasteiger partial charge in [0, 0.05) is 12.5 Å². The number of methoxy groups -OCH3 is 2. The lowest BCUT2D eigenvalue weighted by Gasteiger charge is -2.13. The molecule has 2 rings (SSSR count). The molecule has 1 saturated carbocycles. The molecule has 18 heavy (non-hydrogen) atoms. The summed E-state index contributed by atoms with van der Waals surface area (Å²) in [5, 5.41) is 3.35. The van der Waals surface area contributed by atoms with Gasteiger partial charge in [-0.3, -0.25) is 4.79 Å². The summed E-state index contributed by atoms with van der Waals surface area (Å²) < 4.78 is 10.4. The first kappa shape index (κ1) is 13.0. The van der Waals surface area contributed by atoms with Gasteiger partial charge in [0.05, 0.1) is 19.2 Å². The van der Waals surface area contributed by atoms with Gasteiger partial charge in [0.2, 0.25) is 5.91 Å². The summed E-state index contributed by atoms with van der Waals surface area (Å²) in [4.78, 5) is 11.6. The summed E-state index contributed by atoms with van der Waals surface area (Å²) in [6.07, 6.45) is 1.98. The molecule has 98 valence electrons. The number of carbonyl (C=O) groups is 1. The number of halogens is 1. The molecule has 1 aromatic rings. The fourth-order valence-corrected chi connectivity index (χ4v) is 2.04. The third kappa shape index (κ3) is 2.70. The van der Waals surface area contributed by atoms with Crippen molar-refractivity contribution >= 4 is 17.5 Å². The molecule has 0 saturated heterocycles. The van der Waals surface area contributed by atoms with E-state index in [0.717, 1.165) is 18.4 Å². The van der Waals surface area contributed by atoms with Crippen LogP contribution in [0.15, 0.2) is 12.1 Å². The van der Waals surface area contributed by atoms with Crippen LogP contribution in [0.1, 0.15) is 18.4 Å². The molecule has 0 aromatic heterocycles. The molecule has 1 fully saturated rings. The predicted molar refractivity (Wildman–Crippen MR) is 69.1 cm³/mol. The molecule has 0 radical (unpaired) electrons. The quantitative estimate of drug-likeness (QED) is 0.893. The van der Waals surface area contributed by atoms with Gasteiger partial charge in [-0.25, -0.2) is 0 Å². The molecule has 1 aromatic carbocycles. The smallest absolute Gasteiger partial charge is 0.223 e. The highest BCUT2D eigenvalue weighted by molar-refractivity contribution is 6.33. The molecule has 1 amide bonds. The molecule has 5 heteroatoms. The van der Waals surface area contributed by atoms with Crippen molar-refractivity contribution in [1.29, 1.82) is 0 Å². The fourth-order valence-electron chi connectivity index (χ4n) is 1.74. The second-order valence-corrected chi connectivity index (χ2v) is 4.64. The lowest BCUT2D eigenvalue weighted by atomic mass is 10.2. The zero-order chi connectivity index (χ0) is 13.1. The van der Waals surface area contributed by atoms with E-state index in [1.54, 1.807) is 13.2 Å². The Labute approximate surface area is 111 Å². The third-order valence-electron chi connectivity index (χ3n) is 2.97. The standard InChI is InChI=1S/C13H16ClNO3/c1-17-10-6-5-9(11(14)12(10)18-2)7-15-13(16)8-3-4-8/h5-6,8H,3-4,7H2,1-2H3,(H,15,16). The highest BCUT2D eigenvalue weighted by Gasteiger charge is 2.29. The number of benzene rings is 1. The molecule has 0 spiro atoms. The van der Waals surface area contributed by atoms with Crippen LogP contribution >= 0.6 is 11.6 Å². The minimum atomic E-state index is 0.0980. The van der Waals surface area contributed by atoms with Crippen LogP contribution in [-0.2, 0) is 11.3 Å². The lowest BCUT2D eigenvalue weighted by Crippen LogP contribution is -2.24. The van der Waals surface area contributed by atoms with Gasteiger partial charge in [-0.05, 0) is 24.5 Å². The minimum absolute atomic E-state index is 0.0980. The van der Waals surface area contributed by atoms with Crippen molar-refractivity contribution in [3.63, 3.8) is 0 Å². The molecular weight excluding hydrogens is 254 g/mol. The van der Waals surface area contributed by atoms with Gasteiger partial charge in [-0.1, -0.05) is 17.7 Å². The zero-order valence-corrected chi connectivity index (χ0v) is 11.2. The molecule has 0 unspecified atom stereocenters. The molecule has 1 aliphatic carbocycles. The van der Waals surface area contributed by atoms with Crippen LogP contribution < -0.4 is 14.8 Å². The van der Waals surface area contributed by atoms with Crippen LogP contribution in [0.2, 0.25) is 5.02 Å². The largest absolute Gasteiger partial charge is 0.493 e. The van der Waals surface area contributed by atoms with Gasteiger partial charge in [0.25, 0.3) is 0 Å². The molecule has 0 atom stereocenters. The number of rotatable bonds is 5. The first-order valence-electron chi connectivity index (χ1n) is 5.84. The number of ether oxygens (including phenoxy) is 2. The highest BCUT2D eigenvalue weighted by atomic mass is 35.5. The van der Waals surface area contributed by atoms with Crippen molar-refractivity contribution in [3.05, 3.63) is 22.7 Å². The van der Waals surface area contributed by atoms with Gasteiger partial charge in [0.15, 0.2) is 11.5 Å². The Balaban J connectivity index is 2.10. The highest BCUT2D eigenvalue weighted by Crippen LogP contribution is 2.37. The van der Waals surface area contributed by atoms with Gasteiger partial charge >= 0.3 is 0 Å². The van der Waals surface area contributed by atoms with E-state index in [-0.39, 0.29) is 11.8 Å². The predicted octanol–water partition coefficient (Wildman–Crippen LogP) is 2.38. The van der Waals surface area contributed by atoms with Crippen molar-refractivity contribution in [2.75, 3.05) is 14.2 Å². The van der Waals surface area contributed by atoms with Crippen LogP contribution in [0.5, 0.6) is 11.5 Å². The van der Waals surface area contributed by atoms with E-state index >= 15 is 0 Å². The first-order valence-corrected chi connectivity index (χ1v) is 6.22. The maximum absolute atomic E-state index is 11.6. The van der Waals surface area contributed by atoms with Gasteiger partial charge in [-0.2, -0.15) is 0 Å². The molecule has 0 heterocycles. The van der Waals surface area contributed by atoms with E-state index in [9.17, 15) is 4.79 Å². The average molecular weight is 270 g/mol. The normalized spacial score (nSPS) is 14.2. The van der Waals surface area contributed by atoms with Crippen molar-refractivity contribution < 1.29 is 14.3 Å². The summed E-state index contributed by atoms with van der Waals surface area (Å²) in [6, 6.07) is 3.61. The summed E-state index contributed by atoms with van der Waals surface area (Å²) in [7, 11) is 3.10. The topological polar surface area (TPSA) is 47.6 Å². The average Bonchev–Trinajstić information content (AvgIpc) is 3.20. The number of amides is 1. The minimum Gasteiger partial charge on any atom is -0.493 e. The number of hydrogen-bond donors (Lipinski definition) is 1. The third-order valence-corrected chi connectivity index (χ3v) is 3.38. The zero-order valence-electron chi connectivity index (χ0n) is 10.5. The van der Waals surface area contributed by atoms with Crippen LogP contribution in [0, 0.1) is 5.92 Å². The second kappa shape index (κ2) is 5.48. The van der Waals surface area contributed by atoms with E-state index in [4.69, 9.17) is 21.1 Å². The molecule has 1 N–H and O–H groups in total. The monoisotopic (exact) mass is 269 g/mol. The van der Waals surface area contributed by atoms with Crippen molar-refractivity contribution in [1.82, 2.24) is 5.32 Å². The maximum Gasteiger partial charge on any atom is 0.223 e. The SMILES string of the molecule is COc1ccc(CNC(=O)C2CC2)c(Cl)c1OC. The van der Waals surface area contributed by atoms with Crippen molar-refractivity contribution in [2.45, 2.75) is 19.4 Å². The lowest BCUT2D eigenvalue weighted by molar-refractivity contribution is -0.122. The molecule has 1 aliphatic rings. The van der Waals surface area contributed by atoms with E-state index in [0.29, 0.717) is 23.1 Å². The summed E-state index contributed by atoms with van der Waals surface area (Å²) >= 11 is 6.22. The van der Waals surface area contributed by atoms with E-state index in [2.05, 4.69) is 5.32 Å². The fraction of sp³-hybridized carbons (Fsp3) is 0.462. The van der Waals surface area contributed by atoms with E-state index < -0.39 is 0 Å². The Morgan fingerprint density at radius 1 is 1.39 bits per heavy atom. The summed E-state index contributed by atoms with van der Waals surface area (Å²) in [5.41, 5.74) is 0.823. The van der Waals surface area contributed by atoms with Crippen molar-refractivity contribution in [2.24, 2.45) is 5.92 Å². The van der Waals surface area contributed by atoms with Crippen molar-refractivity contribution in [3.8, 4) is 11.5 Å². The van der Waals surface area contributed by atoms with Gasteiger partial charge < -0.3 is 14.8 Å². The maximum atomic E-state index is 11.6. The molecule has 4 nitrogen and oxygen atoms in total. The second-order valence-electron chi connectivity index (χ2n) is 4.27. The van der Waals surface area contributed by atoms with Gasteiger partial charge in [-0.15, -0.1) is 0 Å². The van der Waals surface area contributed by atoms with E-state index in [1.165, 1.54) is 7.11 Å². The Morgan fingerprint density at radius 3 is 2.67 bits per heavy atom. The summed E-state index contributed by atoms with van der Waals surface area (Å²) in [5.74, 6) is 1.38. The van der Waals surface area contributed by atoms with E-state index in [1.807, 2.05) is 6.07 Å².